The van der Waals surface area contributed by atoms with E-state index in [1.165, 1.54) is 25.9 Å². The van der Waals surface area contributed by atoms with E-state index in [1.807, 2.05) is 12.1 Å². The van der Waals surface area contributed by atoms with Gasteiger partial charge in [0.15, 0.2) is 0 Å². The van der Waals surface area contributed by atoms with E-state index in [4.69, 9.17) is 0 Å². The summed E-state index contributed by atoms with van der Waals surface area (Å²) in [6, 6.07) is 5.39. The second-order valence-electron chi connectivity index (χ2n) is 7.17. The molecule has 0 radical (unpaired) electrons. The Bertz CT molecular complexity index is 641. The minimum atomic E-state index is -0.293. The van der Waals surface area contributed by atoms with Crippen molar-refractivity contribution < 1.29 is 9.59 Å². The maximum Gasteiger partial charge on any atom is 0.261 e. The van der Waals surface area contributed by atoms with Gasteiger partial charge in [-0.1, -0.05) is 6.07 Å². The largest absolute Gasteiger partial charge is 0.384 e. The molecule has 2 aliphatic heterocycles. The Morgan fingerprint density at radius 1 is 1.27 bits per heavy atom. The third kappa shape index (κ3) is 2.11. The van der Waals surface area contributed by atoms with E-state index < -0.39 is 0 Å². The van der Waals surface area contributed by atoms with Gasteiger partial charge in [0.2, 0.25) is 0 Å². The topological polar surface area (TPSA) is 61.4 Å². The van der Waals surface area contributed by atoms with Gasteiger partial charge in [-0.15, -0.1) is 0 Å². The summed E-state index contributed by atoms with van der Waals surface area (Å²) in [5.41, 5.74) is 2.38. The van der Waals surface area contributed by atoms with Crippen molar-refractivity contribution in [3.05, 3.63) is 29.3 Å². The van der Waals surface area contributed by atoms with Crippen LogP contribution in [0.5, 0.6) is 0 Å². The molecule has 1 aliphatic carbocycles. The van der Waals surface area contributed by atoms with Crippen molar-refractivity contribution in [1.29, 1.82) is 0 Å². The van der Waals surface area contributed by atoms with Gasteiger partial charge in [0, 0.05) is 25.3 Å². The number of anilines is 1. The molecule has 1 saturated heterocycles. The maximum absolute atomic E-state index is 11.8. The molecule has 0 bridgehead atoms. The summed E-state index contributed by atoms with van der Waals surface area (Å²) >= 11 is 0. The minimum Gasteiger partial charge on any atom is -0.384 e. The van der Waals surface area contributed by atoms with E-state index in [-0.39, 0.29) is 11.8 Å². The number of nitrogens with one attached hydrogen (secondary N) is 2. The van der Waals surface area contributed by atoms with Gasteiger partial charge in [0.1, 0.15) is 0 Å². The number of fused-ring (bicyclic) bond motifs is 1. The molecule has 0 unspecified atom stereocenters. The van der Waals surface area contributed by atoms with Crippen molar-refractivity contribution in [3.63, 3.8) is 0 Å². The van der Waals surface area contributed by atoms with Crippen LogP contribution in [-0.2, 0) is 0 Å². The van der Waals surface area contributed by atoms with Gasteiger partial charge >= 0.3 is 0 Å². The van der Waals surface area contributed by atoms with Crippen molar-refractivity contribution in [3.8, 4) is 0 Å². The van der Waals surface area contributed by atoms with E-state index in [0.29, 0.717) is 16.5 Å². The molecule has 4 rings (SSSR count). The molecule has 0 aromatic heterocycles. The van der Waals surface area contributed by atoms with Crippen LogP contribution in [0, 0.1) is 11.3 Å². The van der Waals surface area contributed by atoms with Crippen LogP contribution in [0.2, 0.25) is 0 Å². The Morgan fingerprint density at radius 3 is 2.77 bits per heavy atom. The number of carbonyl (C=O) groups excluding carboxylic acids is 2. The molecule has 0 atom stereocenters. The number of rotatable bonds is 4. The zero-order chi connectivity index (χ0) is 15.3. The highest BCUT2D eigenvalue weighted by Gasteiger charge is 2.50. The third-order valence-electron chi connectivity index (χ3n) is 5.29. The second-order valence-corrected chi connectivity index (χ2v) is 7.17. The highest BCUT2D eigenvalue weighted by molar-refractivity contribution is 6.23. The van der Waals surface area contributed by atoms with Crippen molar-refractivity contribution >= 4 is 17.5 Å². The van der Waals surface area contributed by atoms with E-state index >= 15 is 0 Å². The predicted octanol–water partition coefficient (Wildman–Crippen LogP) is 1.71. The molecule has 1 aromatic rings. The molecule has 2 fully saturated rings. The first-order valence-corrected chi connectivity index (χ1v) is 7.97. The van der Waals surface area contributed by atoms with Gasteiger partial charge in [0.25, 0.3) is 11.8 Å². The number of amides is 2. The van der Waals surface area contributed by atoms with Crippen molar-refractivity contribution in [2.75, 3.05) is 32.0 Å². The summed E-state index contributed by atoms with van der Waals surface area (Å²) in [5, 5.41) is 5.70. The van der Waals surface area contributed by atoms with Gasteiger partial charge in [-0.3, -0.25) is 14.9 Å². The fraction of sp³-hybridized carbons (Fsp3) is 0.529. The van der Waals surface area contributed by atoms with Gasteiger partial charge < -0.3 is 10.2 Å². The Hall–Kier alpha value is -1.88. The number of likely N-dealkylation sites (tertiary alicyclic amines) is 1. The second kappa shape index (κ2) is 4.81. The van der Waals surface area contributed by atoms with Gasteiger partial charge in [-0.25, -0.2) is 0 Å². The van der Waals surface area contributed by atoms with Gasteiger partial charge in [-0.2, -0.15) is 0 Å². The Morgan fingerprint density at radius 2 is 2.05 bits per heavy atom. The molecule has 22 heavy (non-hydrogen) atoms. The van der Waals surface area contributed by atoms with E-state index in [1.54, 1.807) is 6.07 Å². The number of benzene rings is 1. The first-order chi connectivity index (χ1) is 10.6. The van der Waals surface area contributed by atoms with Crippen molar-refractivity contribution in [2.45, 2.75) is 19.3 Å². The average Bonchev–Trinajstić information content (AvgIpc) is 2.70. The van der Waals surface area contributed by atoms with Gasteiger partial charge in [0.05, 0.1) is 11.1 Å². The van der Waals surface area contributed by atoms with Crippen molar-refractivity contribution in [2.24, 2.45) is 11.3 Å². The van der Waals surface area contributed by atoms with Crippen LogP contribution in [0.25, 0.3) is 0 Å². The lowest BCUT2D eigenvalue weighted by atomic mass is 9.57. The van der Waals surface area contributed by atoms with E-state index in [9.17, 15) is 9.59 Å². The van der Waals surface area contributed by atoms with Crippen LogP contribution in [0.3, 0.4) is 0 Å². The summed E-state index contributed by atoms with van der Waals surface area (Å²) in [5.74, 6) is 0.218. The number of imide groups is 1. The van der Waals surface area contributed by atoms with Crippen LogP contribution in [-0.4, -0.2) is 43.4 Å². The SMILES string of the molecule is CN1CC2(CC(CCNc3cccc4c3C(=O)NC4=O)C2)C1. The average molecular weight is 299 g/mol. The molecule has 2 amide bonds. The smallest absolute Gasteiger partial charge is 0.261 e. The molecule has 116 valence electrons. The normalized spacial score (nSPS) is 23.0. The zero-order valence-electron chi connectivity index (χ0n) is 12.8. The first kappa shape index (κ1) is 13.8. The molecule has 2 heterocycles. The van der Waals surface area contributed by atoms with Crippen LogP contribution >= 0.6 is 0 Å². The van der Waals surface area contributed by atoms with Crippen LogP contribution in [0.15, 0.2) is 18.2 Å². The fourth-order valence-electron chi connectivity index (χ4n) is 4.50. The molecule has 5 heteroatoms. The Labute approximate surface area is 130 Å². The molecular formula is C17H21N3O2. The lowest BCUT2D eigenvalue weighted by molar-refractivity contribution is -0.0824. The number of nitrogens with zero attached hydrogens (tertiary/aromatic N) is 1. The molecule has 3 aliphatic rings. The Kier molecular flexibility index (Phi) is 3.01. The minimum absolute atomic E-state index is 0.289. The van der Waals surface area contributed by atoms with E-state index in [2.05, 4.69) is 22.6 Å². The fourth-order valence-corrected chi connectivity index (χ4v) is 4.50. The molecular weight excluding hydrogens is 278 g/mol. The highest BCUT2D eigenvalue weighted by Crippen LogP contribution is 2.52. The molecule has 1 saturated carbocycles. The first-order valence-electron chi connectivity index (χ1n) is 7.97. The monoisotopic (exact) mass is 299 g/mol. The van der Waals surface area contributed by atoms with Crippen LogP contribution < -0.4 is 10.6 Å². The molecule has 5 nitrogen and oxygen atoms in total. The lowest BCUT2D eigenvalue weighted by Crippen LogP contribution is -2.60. The quantitative estimate of drug-likeness (QED) is 0.831. The van der Waals surface area contributed by atoms with Crippen molar-refractivity contribution in [1.82, 2.24) is 10.2 Å². The molecule has 2 N–H and O–H groups in total. The third-order valence-corrected chi connectivity index (χ3v) is 5.29. The number of carbonyl (C=O) groups is 2. The molecule has 1 spiro atoms. The standard InChI is InChI=1S/C17H21N3O2/c1-20-9-17(10-20)7-11(8-17)5-6-18-13-4-2-3-12-14(13)16(22)19-15(12)21/h2-4,11,18H,5-10H2,1H3,(H,19,21,22). The predicted molar refractivity (Wildman–Crippen MR) is 84.0 cm³/mol. The highest BCUT2D eigenvalue weighted by atomic mass is 16.2. The van der Waals surface area contributed by atoms with E-state index in [0.717, 1.165) is 24.6 Å². The molecule has 1 aromatic carbocycles. The summed E-state index contributed by atoms with van der Waals surface area (Å²) in [6.45, 7) is 3.37. The summed E-state index contributed by atoms with van der Waals surface area (Å²) in [7, 11) is 2.18. The zero-order valence-corrected chi connectivity index (χ0v) is 12.8. The van der Waals surface area contributed by atoms with Gasteiger partial charge in [-0.05, 0) is 49.8 Å². The summed E-state index contributed by atoms with van der Waals surface area (Å²) < 4.78 is 0. The Balaban J connectivity index is 1.32. The number of hydrogen-bond donors (Lipinski definition) is 2. The van der Waals surface area contributed by atoms with Crippen LogP contribution in [0.1, 0.15) is 40.0 Å². The summed E-state index contributed by atoms with van der Waals surface area (Å²) in [6.07, 6.45) is 3.81. The van der Waals surface area contributed by atoms with Crippen LogP contribution in [0.4, 0.5) is 5.69 Å². The summed E-state index contributed by atoms with van der Waals surface area (Å²) in [4.78, 5) is 25.9. The number of hydrogen-bond acceptors (Lipinski definition) is 4. The maximum atomic E-state index is 11.8. The lowest BCUT2D eigenvalue weighted by Gasteiger charge is -2.58.